The maximum atomic E-state index is 11.1. The fourth-order valence-corrected chi connectivity index (χ4v) is 1.60. The predicted molar refractivity (Wildman–Crippen MR) is 59.4 cm³/mol. The molecule has 0 bridgehead atoms. The zero-order chi connectivity index (χ0) is 13.5. The lowest BCUT2D eigenvalue weighted by Crippen LogP contribution is -2.48. The summed E-state index contributed by atoms with van der Waals surface area (Å²) in [5.74, 6) is -1.41. The van der Waals surface area contributed by atoms with E-state index in [4.69, 9.17) is 10.2 Å². The van der Waals surface area contributed by atoms with Gasteiger partial charge in [-0.15, -0.1) is 0 Å². The van der Waals surface area contributed by atoms with Crippen LogP contribution in [0.25, 0.3) is 0 Å². The number of aliphatic hydroxyl groups is 1. The Morgan fingerprint density at radius 2 is 1.94 bits per heavy atom. The minimum Gasteiger partial charge on any atom is -0.480 e. The predicted octanol–water partition coefficient (Wildman–Crippen LogP) is -1.83. The molecule has 0 saturated heterocycles. The highest BCUT2D eigenvalue weighted by atomic mass is 32.2. The second-order valence-electron chi connectivity index (χ2n) is 3.46. The van der Waals surface area contributed by atoms with Gasteiger partial charge in [-0.3, -0.25) is 0 Å². The number of carboxylic acid groups (broad SMARTS) is 1. The van der Waals surface area contributed by atoms with Crippen molar-refractivity contribution in [3.8, 4) is 0 Å². The molecule has 2 amide bonds. The average Bonchev–Trinajstić information content (AvgIpc) is 2.19. The van der Waals surface area contributed by atoms with E-state index in [1.54, 1.807) is 0 Å². The molecule has 0 aromatic rings. The fraction of sp³-hybridized carbons (Fsp3) is 0.750. The Labute approximate surface area is 98.9 Å². The lowest BCUT2D eigenvalue weighted by molar-refractivity contribution is -0.140. The quantitative estimate of drug-likeness (QED) is 0.401. The van der Waals surface area contributed by atoms with Crippen LogP contribution in [0.3, 0.4) is 0 Å². The Hall–Kier alpha value is -1.35. The third-order valence-corrected chi connectivity index (χ3v) is 2.79. The molecule has 0 aromatic carbocycles. The summed E-state index contributed by atoms with van der Waals surface area (Å²) in [5, 5.41) is 21.4. The number of sulfone groups is 1. The second-order valence-corrected chi connectivity index (χ2v) is 5.72. The van der Waals surface area contributed by atoms with Crippen molar-refractivity contribution in [1.82, 2.24) is 10.6 Å². The number of hydrogen-bond acceptors (Lipinski definition) is 5. The van der Waals surface area contributed by atoms with E-state index in [2.05, 4.69) is 5.32 Å². The van der Waals surface area contributed by atoms with Crippen molar-refractivity contribution in [2.24, 2.45) is 0 Å². The molecule has 0 fully saturated rings. The molecule has 0 aliphatic rings. The van der Waals surface area contributed by atoms with Gasteiger partial charge in [-0.2, -0.15) is 0 Å². The van der Waals surface area contributed by atoms with Gasteiger partial charge in [0.05, 0.1) is 12.4 Å². The smallest absolute Gasteiger partial charge is 0.328 e. The number of urea groups is 1. The van der Waals surface area contributed by atoms with E-state index < -0.39 is 34.5 Å². The van der Waals surface area contributed by atoms with E-state index in [-0.39, 0.29) is 18.7 Å². The minimum absolute atomic E-state index is 0.0599. The highest BCUT2D eigenvalue weighted by Crippen LogP contribution is 1.87. The van der Waals surface area contributed by atoms with Crippen LogP contribution < -0.4 is 10.6 Å². The number of carboxylic acids is 1. The van der Waals surface area contributed by atoms with Crippen LogP contribution in [0.15, 0.2) is 0 Å². The minimum atomic E-state index is -3.07. The second kappa shape index (κ2) is 7.07. The van der Waals surface area contributed by atoms with Crippen molar-refractivity contribution in [2.45, 2.75) is 12.5 Å². The highest BCUT2D eigenvalue weighted by Gasteiger charge is 2.18. The zero-order valence-corrected chi connectivity index (χ0v) is 10.2. The Morgan fingerprint density at radius 3 is 2.35 bits per heavy atom. The summed E-state index contributed by atoms with van der Waals surface area (Å²) >= 11 is 0. The molecule has 8 nitrogen and oxygen atoms in total. The first-order valence-electron chi connectivity index (χ1n) is 4.82. The van der Waals surface area contributed by atoms with Crippen molar-refractivity contribution in [2.75, 3.05) is 25.2 Å². The molecule has 100 valence electrons. The van der Waals surface area contributed by atoms with Crippen LogP contribution in [-0.4, -0.2) is 61.8 Å². The van der Waals surface area contributed by atoms with E-state index in [0.29, 0.717) is 0 Å². The van der Waals surface area contributed by atoms with E-state index in [1.807, 2.05) is 5.32 Å². The van der Waals surface area contributed by atoms with E-state index in [1.165, 1.54) is 0 Å². The number of rotatable bonds is 7. The summed E-state index contributed by atoms with van der Waals surface area (Å²) in [6.07, 6.45) is 1.32. The highest BCUT2D eigenvalue weighted by molar-refractivity contribution is 7.90. The summed E-state index contributed by atoms with van der Waals surface area (Å²) in [7, 11) is -3.07. The van der Waals surface area contributed by atoms with Crippen molar-refractivity contribution >= 4 is 21.8 Å². The van der Waals surface area contributed by atoms with Crippen LogP contribution in [0.1, 0.15) is 6.42 Å². The molecule has 0 saturated carbocycles. The first-order valence-corrected chi connectivity index (χ1v) is 6.88. The number of amides is 2. The Bertz CT molecular complexity index is 366. The van der Waals surface area contributed by atoms with Gasteiger partial charge in [-0.05, 0) is 6.42 Å². The molecule has 1 atom stereocenters. The monoisotopic (exact) mass is 268 g/mol. The van der Waals surface area contributed by atoms with Crippen molar-refractivity contribution < 1.29 is 28.2 Å². The van der Waals surface area contributed by atoms with Crippen LogP contribution in [0.4, 0.5) is 4.79 Å². The number of carbonyl (C=O) groups is 2. The molecular weight excluding hydrogens is 252 g/mol. The van der Waals surface area contributed by atoms with Crippen LogP contribution in [0, 0.1) is 0 Å². The van der Waals surface area contributed by atoms with Crippen molar-refractivity contribution in [1.29, 1.82) is 0 Å². The number of carbonyl (C=O) groups excluding carboxylic acids is 1. The molecule has 4 N–H and O–H groups in total. The Kier molecular flexibility index (Phi) is 6.51. The zero-order valence-electron chi connectivity index (χ0n) is 9.34. The summed E-state index contributed by atoms with van der Waals surface area (Å²) in [5.41, 5.74) is 0. The molecular formula is C8H16N2O6S. The molecule has 0 radical (unpaired) electrons. The molecule has 0 heterocycles. The number of aliphatic carboxylic acids is 1. The molecule has 0 aliphatic carbocycles. The third kappa shape index (κ3) is 8.46. The summed E-state index contributed by atoms with van der Waals surface area (Å²) in [6.45, 7) is -0.608. The first kappa shape index (κ1) is 15.7. The van der Waals surface area contributed by atoms with Gasteiger partial charge in [-0.1, -0.05) is 0 Å². The maximum absolute atomic E-state index is 11.1. The third-order valence-electron chi connectivity index (χ3n) is 1.76. The van der Waals surface area contributed by atoms with Crippen LogP contribution >= 0.6 is 0 Å². The van der Waals surface area contributed by atoms with Crippen LogP contribution in [0.2, 0.25) is 0 Å². The number of nitrogens with one attached hydrogen (secondary N) is 2. The van der Waals surface area contributed by atoms with Gasteiger partial charge in [0, 0.05) is 12.8 Å². The van der Waals surface area contributed by atoms with Gasteiger partial charge in [0.1, 0.15) is 9.84 Å². The van der Waals surface area contributed by atoms with E-state index in [9.17, 15) is 18.0 Å². The average molecular weight is 268 g/mol. The lowest BCUT2D eigenvalue weighted by Gasteiger charge is -2.12. The van der Waals surface area contributed by atoms with Gasteiger partial charge in [0.2, 0.25) is 0 Å². The topological polar surface area (TPSA) is 133 Å². The molecule has 0 rings (SSSR count). The van der Waals surface area contributed by atoms with Crippen LogP contribution in [-0.2, 0) is 14.6 Å². The van der Waals surface area contributed by atoms with Crippen molar-refractivity contribution in [3.05, 3.63) is 0 Å². The SMILES string of the molecule is CS(=O)(=O)CCCNC(=O)N[C@@H](CO)C(=O)O. The molecule has 0 aliphatic heterocycles. The summed E-state index contributed by atoms with van der Waals surface area (Å²) in [4.78, 5) is 21.5. The molecule has 0 spiro atoms. The summed E-state index contributed by atoms with van der Waals surface area (Å²) in [6, 6.07) is -2.13. The maximum Gasteiger partial charge on any atom is 0.328 e. The largest absolute Gasteiger partial charge is 0.480 e. The Balaban J connectivity index is 3.84. The van der Waals surface area contributed by atoms with Gasteiger partial charge in [0.15, 0.2) is 6.04 Å². The fourth-order valence-electron chi connectivity index (χ4n) is 0.931. The Morgan fingerprint density at radius 1 is 1.35 bits per heavy atom. The van der Waals surface area contributed by atoms with E-state index >= 15 is 0 Å². The van der Waals surface area contributed by atoms with Crippen molar-refractivity contribution in [3.63, 3.8) is 0 Å². The van der Waals surface area contributed by atoms with Gasteiger partial charge >= 0.3 is 12.0 Å². The molecule has 0 unspecified atom stereocenters. The van der Waals surface area contributed by atoms with Gasteiger partial charge < -0.3 is 20.8 Å². The van der Waals surface area contributed by atoms with E-state index in [0.717, 1.165) is 6.26 Å². The number of hydrogen-bond donors (Lipinski definition) is 4. The number of aliphatic hydroxyl groups excluding tert-OH is 1. The molecule has 0 aromatic heterocycles. The molecule has 17 heavy (non-hydrogen) atoms. The van der Waals surface area contributed by atoms with Gasteiger partial charge in [-0.25, -0.2) is 18.0 Å². The van der Waals surface area contributed by atoms with Gasteiger partial charge in [0.25, 0.3) is 0 Å². The lowest BCUT2D eigenvalue weighted by atomic mass is 10.3. The standard InChI is InChI=1S/C8H16N2O6S/c1-17(15,16)4-2-3-9-8(14)10-6(5-11)7(12)13/h6,11H,2-5H2,1H3,(H,12,13)(H2,9,10,14)/t6-/m0/s1. The van der Waals surface area contributed by atoms with Crippen LogP contribution in [0.5, 0.6) is 0 Å². The normalized spacial score (nSPS) is 12.8. The molecule has 9 heteroatoms. The summed E-state index contributed by atoms with van der Waals surface area (Å²) < 4.78 is 21.5. The first-order chi connectivity index (χ1) is 7.76.